The topological polar surface area (TPSA) is 91.8 Å². The first kappa shape index (κ1) is 16.6. The molecule has 1 aromatic carbocycles. The maximum absolute atomic E-state index is 12.0. The van der Waals surface area contributed by atoms with E-state index < -0.39 is 15.9 Å². The van der Waals surface area contributed by atoms with E-state index in [-0.39, 0.29) is 35.1 Å². The van der Waals surface area contributed by atoms with Gasteiger partial charge in [0.25, 0.3) is 0 Å². The Morgan fingerprint density at radius 1 is 1.09 bits per heavy atom. The molecule has 0 aliphatic carbocycles. The van der Waals surface area contributed by atoms with E-state index in [9.17, 15) is 23.1 Å². The van der Waals surface area contributed by atoms with Gasteiger partial charge in [0, 0.05) is 18.1 Å². The molecule has 1 aromatic rings. The highest BCUT2D eigenvalue weighted by Crippen LogP contribution is 2.27. The monoisotopic (exact) mass is 325 g/mol. The second kappa shape index (κ2) is 5.81. The van der Waals surface area contributed by atoms with Crippen molar-refractivity contribution >= 4 is 21.7 Å². The van der Waals surface area contributed by atoms with Crippen LogP contribution in [-0.2, 0) is 19.4 Å². The number of β-amino-alcohol motifs (C(OH)–C–C–N with tert-alkyl or cyclic N) is 1. The number of aliphatic hydroxyl groups excluding tert-OH is 1. The van der Waals surface area contributed by atoms with Crippen LogP contribution < -0.4 is 0 Å². The van der Waals surface area contributed by atoms with Crippen molar-refractivity contribution < 1.29 is 23.1 Å². The molecule has 7 heteroatoms. The summed E-state index contributed by atoms with van der Waals surface area (Å²) in [6, 6.07) is 5.76. The van der Waals surface area contributed by atoms with Crippen LogP contribution in [0.2, 0.25) is 0 Å². The summed E-state index contributed by atoms with van der Waals surface area (Å²) in [6.45, 7) is 3.26. The van der Waals surface area contributed by atoms with Gasteiger partial charge in [-0.05, 0) is 17.7 Å². The molecule has 1 heterocycles. The summed E-state index contributed by atoms with van der Waals surface area (Å²) in [5, 5.41) is 10.2. The fourth-order valence-corrected chi connectivity index (χ4v) is 3.05. The number of hydrogen-bond donors (Lipinski definition) is 1. The zero-order valence-corrected chi connectivity index (χ0v) is 13.5. The molecule has 2 rings (SSSR count). The third kappa shape index (κ3) is 3.05. The van der Waals surface area contributed by atoms with E-state index in [0.29, 0.717) is 5.56 Å². The van der Waals surface area contributed by atoms with Crippen LogP contribution in [0.15, 0.2) is 29.2 Å². The van der Waals surface area contributed by atoms with E-state index in [0.717, 1.165) is 11.2 Å². The normalized spacial score (nSPS) is 23.9. The van der Waals surface area contributed by atoms with Gasteiger partial charge in [0.15, 0.2) is 9.84 Å². The molecular weight excluding hydrogens is 306 g/mol. The number of carbonyl (C=O) groups is 2. The van der Waals surface area contributed by atoms with E-state index in [1.807, 2.05) is 0 Å². The lowest BCUT2D eigenvalue weighted by Gasteiger charge is -2.19. The lowest BCUT2D eigenvalue weighted by Crippen LogP contribution is -2.34. The minimum Gasteiger partial charge on any atom is -0.387 e. The Balaban J connectivity index is 2.14. The summed E-state index contributed by atoms with van der Waals surface area (Å²) in [5.41, 5.74) is 0.459. The van der Waals surface area contributed by atoms with E-state index in [1.54, 1.807) is 13.8 Å². The molecule has 1 aliphatic heterocycles. The number of amides is 2. The SMILES string of the molecule is C[C@@H]1C(=O)N(C[C@@H](O)c2ccc(S(C)(=O)=O)cc2)C(=O)[C@@H]1C. The van der Waals surface area contributed by atoms with Crippen LogP contribution in [0, 0.1) is 11.8 Å². The zero-order valence-electron chi connectivity index (χ0n) is 12.7. The van der Waals surface area contributed by atoms with Crippen LogP contribution in [0.4, 0.5) is 0 Å². The third-order valence-corrected chi connectivity index (χ3v) is 5.24. The number of imide groups is 1. The largest absolute Gasteiger partial charge is 0.387 e. The standard InChI is InChI=1S/C15H19NO5S/c1-9-10(2)15(19)16(14(9)18)8-13(17)11-4-6-12(7-5-11)22(3,20)21/h4-7,9-10,13,17H,8H2,1-3H3/t9-,10+,13-/m1/s1. The molecule has 3 atom stereocenters. The molecule has 1 aliphatic rings. The van der Waals surface area contributed by atoms with Crippen LogP contribution in [0.1, 0.15) is 25.5 Å². The van der Waals surface area contributed by atoms with Gasteiger partial charge in [-0.25, -0.2) is 8.42 Å². The van der Waals surface area contributed by atoms with E-state index in [4.69, 9.17) is 0 Å². The van der Waals surface area contributed by atoms with Crippen molar-refractivity contribution in [3.63, 3.8) is 0 Å². The van der Waals surface area contributed by atoms with Crippen LogP contribution >= 0.6 is 0 Å². The number of benzene rings is 1. The maximum atomic E-state index is 12.0. The minimum atomic E-state index is -3.30. The van der Waals surface area contributed by atoms with E-state index in [2.05, 4.69) is 0 Å². The van der Waals surface area contributed by atoms with Crippen molar-refractivity contribution in [3.8, 4) is 0 Å². The van der Waals surface area contributed by atoms with Crippen LogP contribution in [-0.4, -0.2) is 43.0 Å². The molecule has 0 saturated carbocycles. The molecule has 0 spiro atoms. The minimum absolute atomic E-state index is 0.120. The summed E-state index contributed by atoms with van der Waals surface area (Å²) >= 11 is 0. The van der Waals surface area contributed by atoms with Crippen LogP contribution in [0.5, 0.6) is 0 Å². The van der Waals surface area contributed by atoms with Gasteiger partial charge in [0.2, 0.25) is 11.8 Å². The Morgan fingerprint density at radius 2 is 1.55 bits per heavy atom. The first-order valence-electron chi connectivity index (χ1n) is 6.96. The molecule has 0 unspecified atom stereocenters. The average molecular weight is 325 g/mol. The van der Waals surface area contributed by atoms with E-state index in [1.165, 1.54) is 24.3 Å². The fraction of sp³-hybridized carbons (Fsp3) is 0.467. The predicted octanol–water partition coefficient (Wildman–Crippen LogP) is 0.764. The van der Waals surface area contributed by atoms with Gasteiger partial charge in [-0.3, -0.25) is 14.5 Å². The lowest BCUT2D eigenvalue weighted by atomic mass is 10.00. The second-order valence-electron chi connectivity index (χ2n) is 5.72. The summed E-state index contributed by atoms with van der Waals surface area (Å²) < 4.78 is 22.8. The maximum Gasteiger partial charge on any atom is 0.232 e. The fourth-order valence-electron chi connectivity index (χ4n) is 2.42. The smallest absolute Gasteiger partial charge is 0.232 e. The van der Waals surface area contributed by atoms with Gasteiger partial charge >= 0.3 is 0 Å². The Kier molecular flexibility index (Phi) is 4.39. The Morgan fingerprint density at radius 3 is 1.95 bits per heavy atom. The van der Waals surface area contributed by atoms with Gasteiger partial charge in [0.1, 0.15) is 0 Å². The summed E-state index contributed by atoms with van der Waals surface area (Å²) in [4.78, 5) is 25.2. The molecule has 1 N–H and O–H groups in total. The average Bonchev–Trinajstić information content (AvgIpc) is 2.64. The number of nitrogens with zero attached hydrogens (tertiary/aromatic N) is 1. The first-order valence-corrected chi connectivity index (χ1v) is 8.85. The van der Waals surface area contributed by atoms with Gasteiger partial charge in [0.05, 0.1) is 17.5 Å². The molecule has 0 bridgehead atoms. The Labute approximate surface area is 129 Å². The number of aliphatic hydroxyl groups is 1. The van der Waals surface area contributed by atoms with E-state index >= 15 is 0 Å². The van der Waals surface area contributed by atoms with Crippen LogP contribution in [0.25, 0.3) is 0 Å². The molecule has 0 aromatic heterocycles. The van der Waals surface area contributed by atoms with Crippen molar-refractivity contribution in [2.75, 3.05) is 12.8 Å². The van der Waals surface area contributed by atoms with Gasteiger partial charge in [-0.15, -0.1) is 0 Å². The number of hydrogen-bond acceptors (Lipinski definition) is 5. The summed E-state index contributed by atoms with van der Waals surface area (Å²) in [5.74, 6) is -1.34. The summed E-state index contributed by atoms with van der Waals surface area (Å²) in [7, 11) is -3.30. The molecule has 22 heavy (non-hydrogen) atoms. The number of carbonyl (C=O) groups excluding carboxylic acids is 2. The predicted molar refractivity (Wildman–Crippen MR) is 79.6 cm³/mol. The van der Waals surface area contributed by atoms with Crippen molar-refractivity contribution in [1.29, 1.82) is 0 Å². The van der Waals surface area contributed by atoms with Gasteiger partial charge < -0.3 is 5.11 Å². The summed E-state index contributed by atoms with van der Waals surface area (Å²) in [6.07, 6.45) is 0.0574. The van der Waals surface area contributed by atoms with Crippen LogP contribution in [0.3, 0.4) is 0 Å². The van der Waals surface area contributed by atoms with Crippen molar-refractivity contribution in [1.82, 2.24) is 4.90 Å². The molecular formula is C15H19NO5S. The van der Waals surface area contributed by atoms with Crippen molar-refractivity contribution in [2.24, 2.45) is 11.8 Å². The molecule has 1 fully saturated rings. The molecule has 6 nitrogen and oxygen atoms in total. The van der Waals surface area contributed by atoms with Crippen molar-refractivity contribution in [3.05, 3.63) is 29.8 Å². The lowest BCUT2D eigenvalue weighted by molar-refractivity contribution is -0.141. The number of likely N-dealkylation sites (tertiary alicyclic amines) is 1. The number of rotatable bonds is 4. The Bertz CT molecular complexity index is 675. The second-order valence-corrected chi connectivity index (χ2v) is 7.74. The number of sulfone groups is 1. The highest BCUT2D eigenvalue weighted by molar-refractivity contribution is 7.90. The highest BCUT2D eigenvalue weighted by Gasteiger charge is 2.42. The van der Waals surface area contributed by atoms with Gasteiger partial charge in [-0.1, -0.05) is 26.0 Å². The molecule has 0 radical (unpaired) electrons. The van der Waals surface area contributed by atoms with Crippen molar-refractivity contribution in [2.45, 2.75) is 24.8 Å². The molecule has 1 saturated heterocycles. The highest BCUT2D eigenvalue weighted by atomic mass is 32.2. The third-order valence-electron chi connectivity index (χ3n) is 4.11. The zero-order chi connectivity index (χ0) is 16.7. The van der Waals surface area contributed by atoms with Gasteiger partial charge in [-0.2, -0.15) is 0 Å². The quantitative estimate of drug-likeness (QED) is 0.825. The first-order chi connectivity index (χ1) is 10.1. The molecule has 120 valence electrons. The molecule has 2 amide bonds. The Hall–Kier alpha value is -1.73.